The van der Waals surface area contributed by atoms with Crippen molar-refractivity contribution in [1.29, 1.82) is 0 Å². The number of nitrogens with zero attached hydrogens (tertiary/aromatic N) is 3. The Morgan fingerprint density at radius 2 is 1.51 bits per heavy atom. The Kier molecular flexibility index (Phi) is 12.2. The van der Waals surface area contributed by atoms with Gasteiger partial charge in [0.1, 0.15) is 0 Å². The summed E-state index contributed by atoms with van der Waals surface area (Å²) in [7, 11) is 2.83. The molecule has 7 nitrogen and oxygen atoms in total. The highest BCUT2D eigenvalue weighted by atomic mass is 79.9. The number of thiazole rings is 2. The predicted octanol–water partition coefficient (Wildman–Crippen LogP) is 10.6. The average Bonchev–Trinajstić information content (AvgIpc) is 3.72. The number of anilines is 1. The lowest BCUT2D eigenvalue weighted by atomic mass is 10.1. The molecule has 0 radical (unpaired) electrons. The first kappa shape index (κ1) is 36.0. The van der Waals surface area contributed by atoms with Gasteiger partial charge in [0.05, 0.1) is 45.7 Å². The Bertz CT molecular complexity index is 2190. The Labute approximate surface area is 295 Å². The Hall–Kier alpha value is -3.81. The third-order valence-electron chi connectivity index (χ3n) is 6.47. The van der Waals surface area contributed by atoms with Gasteiger partial charge in [-0.15, -0.1) is 0 Å². The number of ether oxygens (including phenoxy) is 2. The molecular weight excluding hydrogens is 753 g/mol. The molecule has 0 aliphatic carbocycles. The van der Waals surface area contributed by atoms with Crippen molar-refractivity contribution >= 4 is 98.1 Å². The van der Waals surface area contributed by atoms with Gasteiger partial charge in [0, 0.05) is 27.4 Å². The van der Waals surface area contributed by atoms with Crippen LogP contribution in [0.2, 0.25) is 10.0 Å². The summed E-state index contributed by atoms with van der Waals surface area (Å²) in [5.74, 6) is -0.695. The predicted molar refractivity (Wildman–Crippen MR) is 194 cm³/mol. The van der Waals surface area contributed by atoms with Gasteiger partial charge in [-0.25, -0.2) is 18.7 Å². The lowest BCUT2D eigenvalue weighted by Crippen LogP contribution is -2.00. The second kappa shape index (κ2) is 15.9. The Morgan fingerprint density at radius 3 is 2.15 bits per heavy atom. The summed E-state index contributed by atoms with van der Waals surface area (Å²) in [5, 5.41) is 2.21. The average molecular weight is 781 g/mol. The zero-order valence-corrected chi connectivity index (χ0v) is 28.8. The monoisotopic (exact) mass is 778 g/mol. The number of fused-ring (bicyclic) bond motifs is 4. The van der Waals surface area contributed by atoms with E-state index in [1.165, 1.54) is 49.8 Å². The van der Waals surface area contributed by atoms with Gasteiger partial charge in [0.15, 0.2) is 39.0 Å². The van der Waals surface area contributed by atoms with Crippen LogP contribution in [-0.2, 0) is 0 Å². The number of imidazole rings is 1. The summed E-state index contributed by atoms with van der Waals surface area (Å²) in [5.41, 5.74) is 9.25. The van der Waals surface area contributed by atoms with Crippen molar-refractivity contribution in [3.05, 3.63) is 106 Å². The topological polar surface area (TPSA) is 91.7 Å². The van der Waals surface area contributed by atoms with Crippen LogP contribution in [0.4, 0.5) is 13.9 Å². The molecule has 2 N–H and O–H groups in total. The van der Waals surface area contributed by atoms with Crippen LogP contribution in [0.3, 0.4) is 0 Å². The molecule has 244 valence electrons. The second-order valence-corrected chi connectivity index (χ2v) is 12.9. The largest absolute Gasteiger partial charge is 0.494 e. The highest BCUT2D eigenvalue weighted by Crippen LogP contribution is 2.32. The van der Waals surface area contributed by atoms with Crippen LogP contribution >= 0.6 is 61.8 Å². The molecule has 4 aromatic carbocycles. The molecule has 0 unspecified atom stereocenters. The lowest BCUT2D eigenvalue weighted by molar-refractivity contribution is 0.102. The third-order valence-corrected chi connectivity index (χ3v) is 9.31. The molecule has 0 saturated heterocycles. The molecule has 47 heavy (non-hydrogen) atoms. The van der Waals surface area contributed by atoms with Gasteiger partial charge in [0.2, 0.25) is 0 Å². The molecule has 3 heterocycles. The van der Waals surface area contributed by atoms with E-state index in [4.69, 9.17) is 38.4 Å². The molecule has 0 aliphatic rings. The van der Waals surface area contributed by atoms with Crippen LogP contribution in [0.15, 0.2) is 79.0 Å². The van der Waals surface area contributed by atoms with Crippen molar-refractivity contribution in [2.24, 2.45) is 0 Å². The van der Waals surface area contributed by atoms with Crippen molar-refractivity contribution in [1.82, 2.24) is 14.4 Å². The molecule has 0 amide bonds. The SMILES string of the molecule is C.COc1ccc(-c2cn3c(n2)sc2cc(Cl)ccc23)cc1F.COc1ccc(C(=O)CBr)cc1F.Nc1nc2ccc(Cl)cc2s1. The molecular formula is C33H27BrCl2F2N4O3S2. The van der Waals surface area contributed by atoms with Crippen LogP contribution in [0.5, 0.6) is 11.5 Å². The number of alkyl halides is 1. The standard InChI is InChI=1S/C16H10ClFN2OS.C9H8BrFO2.C7H5ClN2S.CH4/c1-21-14-5-2-9(6-11(14)18)12-8-20-13-4-3-10(17)7-15(13)22-16(20)19-12;1-13-9-3-2-6(4-7(9)11)8(12)5-10;8-4-1-2-5-6(3-4)11-7(9)10-5;/h2-8H,1H3;2-4H,5H2,1H3;1-3H,(H2,9,10);1H4. The summed E-state index contributed by atoms with van der Waals surface area (Å²) in [6, 6.07) is 20.2. The number of Topliss-reactive ketones (excluding diaryl/α,β-unsaturated/α-hetero) is 1. The molecule has 0 aliphatic heterocycles. The van der Waals surface area contributed by atoms with Crippen molar-refractivity contribution in [2.45, 2.75) is 7.43 Å². The van der Waals surface area contributed by atoms with E-state index in [9.17, 15) is 13.6 Å². The molecule has 0 spiro atoms. The summed E-state index contributed by atoms with van der Waals surface area (Å²) < 4.78 is 40.7. The number of hydrogen-bond acceptors (Lipinski definition) is 8. The quantitative estimate of drug-likeness (QED) is 0.138. The Balaban J connectivity index is 0.000000172. The maximum absolute atomic E-state index is 13.8. The molecule has 7 aromatic rings. The highest BCUT2D eigenvalue weighted by Gasteiger charge is 2.13. The van der Waals surface area contributed by atoms with Crippen LogP contribution in [0.25, 0.3) is 36.7 Å². The summed E-state index contributed by atoms with van der Waals surface area (Å²) >= 11 is 17.8. The minimum absolute atomic E-state index is 0. The molecule has 0 fully saturated rings. The maximum atomic E-state index is 13.8. The summed E-state index contributed by atoms with van der Waals surface area (Å²) in [4.78, 5) is 20.6. The smallest absolute Gasteiger partial charge is 0.195 e. The lowest BCUT2D eigenvalue weighted by Gasteiger charge is -2.02. The van der Waals surface area contributed by atoms with E-state index in [2.05, 4.69) is 25.9 Å². The number of ketones is 1. The zero-order valence-electron chi connectivity index (χ0n) is 24.1. The first-order valence-electron chi connectivity index (χ1n) is 13.3. The number of nitrogen functional groups attached to an aromatic ring is 1. The van der Waals surface area contributed by atoms with Gasteiger partial charge >= 0.3 is 0 Å². The number of methoxy groups -OCH3 is 2. The minimum Gasteiger partial charge on any atom is -0.494 e. The normalized spacial score (nSPS) is 10.5. The van der Waals surface area contributed by atoms with Crippen molar-refractivity contribution in [3.63, 3.8) is 0 Å². The highest BCUT2D eigenvalue weighted by molar-refractivity contribution is 9.09. The van der Waals surface area contributed by atoms with Gasteiger partial charge in [-0.3, -0.25) is 9.20 Å². The van der Waals surface area contributed by atoms with Gasteiger partial charge in [-0.2, -0.15) is 0 Å². The maximum Gasteiger partial charge on any atom is 0.195 e. The van der Waals surface area contributed by atoms with Crippen LogP contribution in [0.1, 0.15) is 17.8 Å². The summed E-state index contributed by atoms with van der Waals surface area (Å²) in [6.45, 7) is 0. The van der Waals surface area contributed by atoms with Crippen molar-refractivity contribution in [3.8, 4) is 22.8 Å². The fourth-order valence-electron chi connectivity index (χ4n) is 4.27. The van der Waals surface area contributed by atoms with E-state index in [0.717, 1.165) is 41.7 Å². The number of aromatic nitrogens is 3. The first-order valence-corrected chi connectivity index (χ1v) is 16.8. The van der Waals surface area contributed by atoms with Crippen LogP contribution in [0, 0.1) is 11.6 Å². The number of rotatable bonds is 5. The van der Waals surface area contributed by atoms with Gasteiger partial charge in [-0.1, -0.05) is 69.2 Å². The van der Waals surface area contributed by atoms with E-state index in [0.29, 0.717) is 15.7 Å². The number of carbonyl (C=O) groups is 1. The number of carbonyl (C=O) groups excluding carboxylic acids is 1. The van der Waals surface area contributed by atoms with Crippen molar-refractivity contribution in [2.75, 3.05) is 25.3 Å². The molecule has 0 bridgehead atoms. The van der Waals surface area contributed by atoms with E-state index in [-0.39, 0.29) is 30.0 Å². The molecule has 0 saturated carbocycles. The fraction of sp³-hybridized carbons (Fsp3) is 0.121. The molecule has 0 atom stereocenters. The first-order chi connectivity index (χ1) is 22.1. The number of benzene rings is 4. The third kappa shape index (κ3) is 8.38. The molecule has 7 rings (SSSR count). The van der Waals surface area contributed by atoms with Crippen LogP contribution in [-0.4, -0.2) is 39.7 Å². The number of hydrogen-bond donors (Lipinski definition) is 1. The molecule has 3 aromatic heterocycles. The van der Waals surface area contributed by atoms with E-state index in [1.54, 1.807) is 23.5 Å². The Morgan fingerprint density at radius 1 is 0.872 bits per heavy atom. The minimum atomic E-state index is -0.519. The van der Waals surface area contributed by atoms with Gasteiger partial charge < -0.3 is 15.2 Å². The second-order valence-electron chi connectivity index (χ2n) is 9.41. The van der Waals surface area contributed by atoms with E-state index >= 15 is 0 Å². The van der Waals surface area contributed by atoms with Crippen LogP contribution < -0.4 is 15.2 Å². The fourth-order valence-corrected chi connectivity index (χ4v) is 6.89. The van der Waals surface area contributed by atoms with Gasteiger partial charge in [0.25, 0.3) is 0 Å². The van der Waals surface area contributed by atoms with E-state index < -0.39 is 11.6 Å². The molecule has 14 heteroatoms. The van der Waals surface area contributed by atoms with Crippen molar-refractivity contribution < 1.29 is 23.0 Å². The summed E-state index contributed by atoms with van der Waals surface area (Å²) in [6.07, 6.45) is 1.91. The zero-order chi connectivity index (χ0) is 33.0. The van der Waals surface area contributed by atoms with E-state index in [1.807, 2.05) is 47.0 Å². The van der Waals surface area contributed by atoms with Gasteiger partial charge in [-0.05, 0) is 72.8 Å². The number of nitrogens with two attached hydrogens (primary N) is 1. The number of halogens is 5.